The Kier molecular flexibility index (Phi) is 6.30. The Morgan fingerprint density at radius 3 is 2.30 bits per heavy atom. The summed E-state index contributed by atoms with van der Waals surface area (Å²) in [6.45, 7) is 10.4. The Balaban J connectivity index is 2.28. The Labute approximate surface area is 122 Å². The van der Waals surface area contributed by atoms with Gasteiger partial charge in [0.2, 0.25) is 5.91 Å². The molecule has 0 unspecified atom stereocenters. The maximum Gasteiger partial charge on any atom is 0.315 e. The first-order valence-corrected chi connectivity index (χ1v) is 7.63. The van der Waals surface area contributed by atoms with E-state index >= 15 is 0 Å². The van der Waals surface area contributed by atoms with E-state index in [9.17, 15) is 9.59 Å². The summed E-state index contributed by atoms with van der Waals surface area (Å²) in [5.41, 5.74) is 0.197. The molecule has 0 saturated carbocycles. The Morgan fingerprint density at radius 2 is 1.75 bits per heavy atom. The van der Waals surface area contributed by atoms with Crippen LogP contribution < -0.4 is 10.6 Å². The minimum absolute atomic E-state index is 0.0238. The van der Waals surface area contributed by atoms with E-state index in [1.54, 1.807) is 6.92 Å². The van der Waals surface area contributed by atoms with Crippen molar-refractivity contribution in [2.45, 2.75) is 59.4 Å². The molecule has 1 saturated heterocycles. The van der Waals surface area contributed by atoms with Gasteiger partial charge in [-0.2, -0.15) is 0 Å². The number of urea groups is 1. The van der Waals surface area contributed by atoms with Gasteiger partial charge in [-0.25, -0.2) is 4.79 Å². The maximum atomic E-state index is 12.2. The number of hydrogen-bond donors (Lipinski definition) is 2. The van der Waals surface area contributed by atoms with Crippen LogP contribution in [0.25, 0.3) is 0 Å². The predicted octanol–water partition coefficient (Wildman–Crippen LogP) is 2.12. The molecule has 116 valence electrons. The molecule has 1 aliphatic heterocycles. The number of piperidine rings is 1. The van der Waals surface area contributed by atoms with Crippen molar-refractivity contribution in [2.75, 3.05) is 19.6 Å². The molecule has 20 heavy (non-hydrogen) atoms. The van der Waals surface area contributed by atoms with E-state index in [2.05, 4.69) is 31.4 Å². The summed E-state index contributed by atoms with van der Waals surface area (Å²) in [6, 6.07) is -0.713. The fourth-order valence-corrected chi connectivity index (χ4v) is 2.25. The summed E-state index contributed by atoms with van der Waals surface area (Å²) < 4.78 is 0. The molecule has 1 heterocycles. The molecule has 5 heteroatoms. The highest BCUT2D eigenvalue weighted by atomic mass is 16.2. The molecule has 0 spiro atoms. The van der Waals surface area contributed by atoms with E-state index < -0.39 is 6.04 Å². The summed E-state index contributed by atoms with van der Waals surface area (Å²) in [5.74, 6) is 0.0238. The zero-order chi connectivity index (χ0) is 15.2. The number of amides is 3. The van der Waals surface area contributed by atoms with Gasteiger partial charge in [-0.15, -0.1) is 0 Å². The molecule has 0 radical (unpaired) electrons. The van der Waals surface area contributed by atoms with Crippen molar-refractivity contribution in [3.8, 4) is 0 Å². The van der Waals surface area contributed by atoms with Gasteiger partial charge in [0.25, 0.3) is 0 Å². The van der Waals surface area contributed by atoms with E-state index in [-0.39, 0.29) is 17.4 Å². The third-order valence-electron chi connectivity index (χ3n) is 3.55. The molecule has 2 N–H and O–H groups in total. The van der Waals surface area contributed by atoms with Crippen LogP contribution in [0.4, 0.5) is 4.79 Å². The molecule has 0 aromatic carbocycles. The third-order valence-corrected chi connectivity index (χ3v) is 3.55. The van der Waals surface area contributed by atoms with E-state index in [1.807, 2.05) is 4.90 Å². The molecule has 1 aliphatic rings. The number of hydrogen-bond acceptors (Lipinski definition) is 2. The number of rotatable bonds is 4. The normalized spacial score (nSPS) is 17.5. The lowest BCUT2D eigenvalue weighted by molar-refractivity contribution is -0.133. The van der Waals surface area contributed by atoms with Crippen LogP contribution in [-0.2, 0) is 4.79 Å². The zero-order valence-electron chi connectivity index (χ0n) is 13.3. The van der Waals surface area contributed by atoms with E-state index in [0.717, 1.165) is 32.4 Å². The maximum absolute atomic E-state index is 12.2. The lowest BCUT2D eigenvalue weighted by Crippen LogP contribution is -2.51. The van der Waals surface area contributed by atoms with Gasteiger partial charge in [-0.05, 0) is 38.0 Å². The van der Waals surface area contributed by atoms with E-state index in [1.165, 1.54) is 6.42 Å². The summed E-state index contributed by atoms with van der Waals surface area (Å²) in [5, 5.41) is 5.53. The largest absolute Gasteiger partial charge is 0.341 e. The first kappa shape index (κ1) is 16.8. The molecule has 0 aromatic rings. The van der Waals surface area contributed by atoms with Crippen LogP contribution in [0.15, 0.2) is 0 Å². The van der Waals surface area contributed by atoms with Crippen molar-refractivity contribution in [1.29, 1.82) is 0 Å². The molecule has 1 atom stereocenters. The molecule has 0 aromatic heterocycles. The summed E-state index contributed by atoms with van der Waals surface area (Å²) in [7, 11) is 0. The average molecular weight is 283 g/mol. The van der Waals surface area contributed by atoms with Crippen LogP contribution in [-0.4, -0.2) is 42.5 Å². The van der Waals surface area contributed by atoms with Crippen molar-refractivity contribution >= 4 is 11.9 Å². The van der Waals surface area contributed by atoms with E-state index in [4.69, 9.17) is 0 Å². The van der Waals surface area contributed by atoms with Crippen molar-refractivity contribution in [2.24, 2.45) is 5.41 Å². The Bertz CT molecular complexity index is 331. The molecular weight excluding hydrogens is 254 g/mol. The number of carbonyl (C=O) groups excluding carboxylic acids is 2. The monoisotopic (exact) mass is 283 g/mol. The van der Waals surface area contributed by atoms with Gasteiger partial charge >= 0.3 is 6.03 Å². The van der Waals surface area contributed by atoms with Crippen LogP contribution >= 0.6 is 0 Å². The molecular formula is C15H29N3O2. The molecule has 3 amide bonds. The summed E-state index contributed by atoms with van der Waals surface area (Å²) in [4.78, 5) is 25.7. The zero-order valence-corrected chi connectivity index (χ0v) is 13.3. The van der Waals surface area contributed by atoms with Gasteiger partial charge in [-0.1, -0.05) is 20.8 Å². The number of nitrogens with one attached hydrogen (secondary N) is 2. The molecule has 1 rings (SSSR count). The first-order chi connectivity index (χ1) is 9.29. The topological polar surface area (TPSA) is 61.4 Å². The highest BCUT2D eigenvalue weighted by Gasteiger charge is 2.23. The lowest BCUT2D eigenvalue weighted by atomic mass is 9.92. The van der Waals surface area contributed by atoms with Crippen LogP contribution in [0.2, 0.25) is 0 Å². The predicted molar refractivity (Wildman–Crippen MR) is 80.5 cm³/mol. The lowest BCUT2D eigenvalue weighted by Gasteiger charge is -2.29. The van der Waals surface area contributed by atoms with Gasteiger partial charge in [0.15, 0.2) is 0 Å². The van der Waals surface area contributed by atoms with Gasteiger partial charge < -0.3 is 15.5 Å². The minimum Gasteiger partial charge on any atom is -0.341 e. The number of nitrogens with zero attached hydrogens (tertiary/aromatic N) is 1. The summed E-state index contributed by atoms with van der Waals surface area (Å²) >= 11 is 0. The van der Waals surface area contributed by atoms with Crippen LogP contribution in [0, 0.1) is 5.41 Å². The first-order valence-electron chi connectivity index (χ1n) is 7.63. The average Bonchev–Trinajstić information content (AvgIpc) is 2.37. The van der Waals surface area contributed by atoms with Crippen LogP contribution in [0.3, 0.4) is 0 Å². The Morgan fingerprint density at radius 1 is 1.15 bits per heavy atom. The summed E-state index contributed by atoms with van der Waals surface area (Å²) in [6.07, 6.45) is 4.24. The van der Waals surface area contributed by atoms with Crippen molar-refractivity contribution in [3.05, 3.63) is 0 Å². The second-order valence-corrected chi connectivity index (χ2v) is 6.82. The van der Waals surface area contributed by atoms with Gasteiger partial charge in [-0.3, -0.25) is 4.79 Å². The van der Waals surface area contributed by atoms with Crippen LogP contribution in [0.5, 0.6) is 0 Å². The fourth-order valence-electron chi connectivity index (χ4n) is 2.25. The highest BCUT2D eigenvalue weighted by molar-refractivity contribution is 5.86. The van der Waals surface area contributed by atoms with Gasteiger partial charge in [0.05, 0.1) is 0 Å². The van der Waals surface area contributed by atoms with Gasteiger partial charge in [0.1, 0.15) is 6.04 Å². The second kappa shape index (κ2) is 7.50. The third kappa shape index (κ3) is 6.26. The van der Waals surface area contributed by atoms with Crippen molar-refractivity contribution in [1.82, 2.24) is 15.5 Å². The molecule has 0 aliphatic carbocycles. The molecule has 1 fully saturated rings. The number of likely N-dealkylation sites (tertiary alicyclic amines) is 1. The Hall–Kier alpha value is -1.26. The van der Waals surface area contributed by atoms with Crippen molar-refractivity contribution < 1.29 is 9.59 Å². The van der Waals surface area contributed by atoms with Crippen molar-refractivity contribution in [3.63, 3.8) is 0 Å². The smallest absolute Gasteiger partial charge is 0.315 e. The number of carbonyl (C=O) groups is 2. The molecule has 5 nitrogen and oxygen atoms in total. The van der Waals surface area contributed by atoms with Crippen LogP contribution in [0.1, 0.15) is 53.4 Å². The minimum atomic E-state index is -0.456. The van der Waals surface area contributed by atoms with Gasteiger partial charge in [0, 0.05) is 19.6 Å². The quantitative estimate of drug-likeness (QED) is 0.830. The standard InChI is InChI=1S/C15H29N3O2/c1-12(13(19)18-10-6-5-7-11-18)17-14(20)16-9-8-15(2,3)4/h12H,5-11H2,1-4H3,(H2,16,17,20)/t12-/m0/s1. The van der Waals surface area contributed by atoms with E-state index in [0.29, 0.717) is 6.54 Å². The second-order valence-electron chi connectivity index (χ2n) is 6.82. The fraction of sp³-hybridized carbons (Fsp3) is 0.867. The molecule has 0 bridgehead atoms. The highest BCUT2D eigenvalue weighted by Crippen LogP contribution is 2.16. The SMILES string of the molecule is C[C@H](NC(=O)NCCC(C)(C)C)C(=O)N1CCCCC1.